The second-order valence-electron chi connectivity index (χ2n) is 4.16. The number of nitrogens with one attached hydrogen (secondary N) is 1. The monoisotopic (exact) mass is 274 g/mol. The minimum atomic E-state index is -1.14. The molecule has 6 heteroatoms. The van der Waals surface area contributed by atoms with E-state index in [1.807, 2.05) is 6.92 Å². The predicted molar refractivity (Wildman–Crippen MR) is 73.2 cm³/mol. The summed E-state index contributed by atoms with van der Waals surface area (Å²) in [6, 6.07) is 6.84. The summed E-state index contributed by atoms with van der Waals surface area (Å²) in [6.45, 7) is 3.88. The first kappa shape index (κ1) is 13.8. The molecule has 2 N–H and O–H groups in total. The van der Waals surface area contributed by atoms with Crippen molar-refractivity contribution in [2.75, 3.05) is 6.61 Å². The van der Waals surface area contributed by atoms with Crippen molar-refractivity contribution in [3.8, 4) is 17.0 Å². The second-order valence-corrected chi connectivity index (χ2v) is 4.16. The van der Waals surface area contributed by atoms with Crippen LogP contribution in [0, 0.1) is 6.92 Å². The Balaban J connectivity index is 2.65. The fourth-order valence-electron chi connectivity index (χ4n) is 1.96. The topological polar surface area (TPSA) is 92.3 Å². The van der Waals surface area contributed by atoms with Gasteiger partial charge in [0.2, 0.25) is 0 Å². The Hall–Kier alpha value is -2.63. The van der Waals surface area contributed by atoms with Gasteiger partial charge < -0.3 is 14.8 Å². The molecule has 1 aromatic heterocycles. The normalized spacial score (nSPS) is 10.3. The van der Waals surface area contributed by atoms with Crippen LogP contribution in [-0.2, 0) is 0 Å². The number of aromatic nitrogens is 2. The molecule has 2 rings (SSSR count). The Morgan fingerprint density at radius 3 is 2.85 bits per heavy atom. The summed E-state index contributed by atoms with van der Waals surface area (Å²) < 4.78 is 5.37. The van der Waals surface area contributed by atoms with Gasteiger partial charge in [0.1, 0.15) is 11.3 Å². The minimum absolute atomic E-state index is 0.0155. The molecular formula is C14H14N2O4. The zero-order valence-corrected chi connectivity index (χ0v) is 11.1. The third-order valence-electron chi connectivity index (χ3n) is 2.75. The van der Waals surface area contributed by atoms with Crippen LogP contribution in [0.15, 0.2) is 29.1 Å². The number of rotatable bonds is 4. The van der Waals surface area contributed by atoms with Crippen molar-refractivity contribution >= 4 is 5.97 Å². The van der Waals surface area contributed by atoms with E-state index in [0.717, 1.165) is 0 Å². The van der Waals surface area contributed by atoms with Gasteiger partial charge >= 0.3 is 11.7 Å². The Bertz CT molecular complexity index is 707. The van der Waals surface area contributed by atoms with Gasteiger partial charge in [-0.1, -0.05) is 12.1 Å². The minimum Gasteiger partial charge on any atom is -0.494 e. The number of carbonyl (C=O) groups is 1. The van der Waals surface area contributed by atoms with Crippen LogP contribution < -0.4 is 10.4 Å². The van der Waals surface area contributed by atoms with E-state index in [4.69, 9.17) is 4.74 Å². The third kappa shape index (κ3) is 2.69. The molecule has 0 aliphatic carbocycles. The van der Waals surface area contributed by atoms with E-state index in [9.17, 15) is 14.7 Å². The number of carboxylic acid groups (broad SMARTS) is 1. The number of benzene rings is 1. The van der Waals surface area contributed by atoms with Crippen molar-refractivity contribution in [3.63, 3.8) is 0 Å². The molecule has 0 amide bonds. The number of aromatic carboxylic acids is 1. The van der Waals surface area contributed by atoms with E-state index in [2.05, 4.69) is 9.97 Å². The summed E-state index contributed by atoms with van der Waals surface area (Å²) in [5.74, 6) is -0.538. The van der Waals surface area contributed by atoms with Crippen LogP contribution in [0.2, 0.25) is 0 Å². The van der Waals surface area contributed by atoms with Gasteiger partial charge in [-0.25, -0.2) is 9.59 Å². The molecule has 0 aliphatic rings. The fraction of sp³-hybridized carbons (Fsp3) is 0.214. The van der Waals surface area contributed by atoms with Crippen molar-refractivity contribution < 1.29 is 14.6 Å². The lowest BCUT2D eigenvalue weighted by molar-refractivity contribution is 0.0696. The Morgan fingerprint density at radius 2 is 2.20 bits per heavy atom. The Labute approximate surface area is 115 Å². The number of nitrogens with zero attached hydrogens (tertiary/aromatic N) is 1. The van der Waals surface area contributed by atoms with E-state index in [1.165, 1.54) is 6.92 Å². The first-order chi connectivity index (χ1) is 9.52. The van der Waals surface area contributed by atoms with Crippen LogP contribution in [0.4, 0.5) is 0 Å². The molecule has 1 aromatic carbocycles. The standard InChI is InChI=1S/C14H14N2O4/c1-3-20-10-6-4-5-9(7-10)12-11(13(17)18)8(2)15-14(19)16-12/h4-7H,3H2,1-2H3,(H,17,18)(H,15,16,19). The molecule has 6 nitrogen and oxygen atoms in total. The first-order valence-corrected chi connectivity index (χ1v) is 6.10. The number of ether oxygens (including phenoxy) is 1. The van der Waals surface area contributed by atoms with Crippen molar-refractivity contribution in [2.24, 2.45) is 0 Å². The SMILES string of the molecule is CCOc1cccc(-c2nc(=O)[nH]c(C)c2C(=O)O)c1. The molecule has 0 saturated heterocycles. The van der Waals surface area contributed by atoms with Crippen LogP contribution >= 0.6 is 0 Å². The second kappa shape index (κ2) is 5.56. The smallest absolute Gasteiger partial charge is 0.345 e. The maximum atomic E-state index is 11.5. The van der Waals surface area contributed by atoms with Crippen LogP contribution in [0.3, 0.4) is 0 Å². The molecule has 104 valence electrons. The number of hydrogen-bond donors (Lipinski definition) is 2. The lowest BCUT2D eigenvalue weighted by atomic mass is 10.0. The van der Waals surface area contributed by atoms with Crippen molar-refractivity contribution in [2.45, 2.75) is 13.8 Å². The average molecular weight is 274 g/mol. The van der Waals surface area contributed by atoms with Crippen molar-refractivity contribution in [1.82, 2.24) is 9.97 Å². The van der Waals surface area contributed by atoms with Gasteiger partial charge in [0.25, 0.3) is 0 Å². The fourth-order valence-corrected chi connectivity index (χ4v) is 1.96. The van der Waals surface area contributed by atoms with Gasteiger partial charge in [0, 0.05) is 11.3 Å². The average Bonchev–Trinajstić information content (AvgIpc) is 2.38. The van der Waals surface area contributed by atoms with Gasteiger partial charge in [0.05, 0.1) is 12.3 Å². The van der Waals surface area contributed by atoms with Crippen LogP contribution in [-0.4, -0.2) is 27.7 Å². The highest BCUT2D eigenvalue weighted by molar-refractivity contribution is 5.95. The van der Waals surface area contributed by atoms with Gasteiger partial charge in [0.15, 0.2) is 0 Å². The summed E-state index contributed by atoms with van der Waals surface area (Å²) in [5, 5.41) is 9.28. The van der Waals surface area contributed by atoms with Crippen LogP contribution in [0.1, 0.15) is 23.0 Å². The molecular weight excluding hydrogens is 260 g/mol. The summed E-state index contributed by atoms with van der Waals surface area (Å²) >= 11 is 0. The highest BCUT2D eigenvalue weighted by atomic mass is 16.5. The lowest BCUT2D eigenvalue weighted by Gasteiger charge is -2.09. The summed E-state index contributed by atoms with van der Waals surface area (Å²) in [5.41, 5.74) is 0.347. The maximum Gasteiger partial charge on any atom is 0.345 e. The van der Waals surface area contributed by atoms with Gasteiger partial charge in [-0.15, -0.1) is 0 Å². The summed E-state index contributed by atoms with van der Waals surface area (Å²) in [4.78, 5) is 29.0. The Morgan fingerprint density at radius 1 is 1.45 bits per heavy atom. The van der Waals surface area contributed by atoms with Crippen molar-refractivity contribution in [3.05, 3.63) is 46.0 Å². The van der Waals surface area contributed by atoms with E-state index < -0.39 is 11.7 Å². The van der Waals surface area contributed by atoms with Gasteiger partial charge in [-0.2, -0.15) is 4.98 Å². The number of aromatic amines is 1. The van der Waals surface area contributed by atoms with Gasteiger partial charge in [-0.3, -0.25) is 0 Å². The van der Waals surface area contributed by atoms with Crippen molar-refractivity contribution in [1.29, 1.82) is 0 Å². The highest BCUT2D eigenvalue weighted by Crippen LogP contribution is 2.25. The molecule has 0 saturated carbocycles. The molecule has 0 aliphatic heterocycles. The molecule has 0 radical (unpaired) electrons. The molecule has 0 spiro atoms. The first-order valence-electron chi connectivity index (χ1n) is 6.10. The Kier molecular flexibility index (Phi) is 3.84. The molecule has 1 heterocycles. The van der Waals surface area contributed by atoms with Gasteiger partial charge in [-0.05, 0) is 26.0 Å². The highest BCUT2D eigenvalue weighted by Gasteiger charge is 2.18. The quantitative estimate of drug-likeness (QED) is 0.887. The van der Waals surface area contributed by atoms with Crippen LogP contribution in [0.5, 0.6) is 5.75 Å². The number of carboxylic acids is 1. The van der Waals surface area contributed by atoms with E-state index in [0.29, 0.717) is 17.9 Å². The molecule has 0 bridgehead atoms. The number of hydrogen-bond acceptors (Lipinski definition) is 4. The van der Waals surface area contributed by atoms with E-state index in [-0.39, 0.29) is 17.0 Å². The van der Waals surface area contributed by atoms with E-state index in [1.54, 1.807) is 24.3 Å². The molecule has 0 atom stereocenters. The maximum absolute atomic E-state index is 11.5. The molecule has 2 aromatic rings. The summed E-state index contributed by atoms with van der Waals surface area (Å²) in [7, 11) is 0. The van der Waals surface area contributed by atoms with E-state index >= 15 is 0 Å². The molecule has 0 unspecified atom stereocenters. The zero-order valence-electron chi connectivity index (χ0n) is 11.1. The predicted octanol–water partition coefficient (Wildman–Crippen LogP) is 1.84. The zero-order chi connectivity index (χ0) is 14.7. The summed E-state index contributed by atoms with van der Waals surface area (Å²) in [6.07, 6.45) is 0. The van der Waals surface area contributed by atoms with Crippen LogP contribution in [0.25, 0.3) is 11.3 Å². The lowest BCUT2D eigenvalue weighted by Crippen LogP contribution is -2.18. The number of aryl methyl sites for hydroxylation is 1. The number of H-pyrrole nitrogens is 1. The largest absolute Gasteiger partial charge is 0.494 e. The third-order valence-corrected chi connectivity index (χ3v) is 2.75. The molecule has 0 fully saturated rings. The molecule has 20 heavy (non-hydrogen) atoms.